The van der Waals surface area contributed by atoms with Gasteiger partial charge < -0.3 is 23.9 Å². The third kappa shape index (κ3) is 9.62. The molecule has 6 heterocycles. The zero-order valence-electron chi connectivity index (χ0n) is 30.7. The van der Waals surface area contributed by atoms with Gasteiger partial charge >= 0.3 is 0 Å². The summed E-state index contributed by atoms with van der Waals surface area (Å²) >= 11 is 8.05. The van der Waals surface area contributed by atoms with E-state index in [1.54, 1.807) is 76.8 Å². The quantitative estimate of drug-likeness (QED) is 0.0807. The van der Waals surface area contributed by atoms with Crippen LogP contribution in [0.3, 0.4) is 0 Å². The first-order valence-electron chi connectivity index (χ1n) is 16.9. The number of pyridine rings is 2. The van der Waals surface area contributed by atoms with Crippen molar-refractivity contribution in [1.82, 2.24) is 38.7 Å². The number of hydrogen-bond acceptors (Lipinski definition) is 12. The van der Waals surface area contributed by atoms with Gasteiger partial charge in [0.1, 0.15) is 11.3 Å². The summed E-state index contributed by atoms with van der Waals surface area (Å²) in [5.41, 5.74) is 5.32. The van der Waals surface area contributed by atoms with E-state index in [2.05, 4.69) is 26.9 Å². The van der Waals surface area contributed by atoms with Gasteiger partial charge in [-0.05, 0) is 66.4 Å². The van der Waals surface area contributed by atoms with Crippen molar-refractivity contribution in [2.24, 2.45) is 0 Å². The number of aromatic amines is 1. The van der Waals surface area contributed by atoms with Gasteiger partial charge in [-0.2, -0.15) is 0 Å². The number of nitrogens with one attached hydrogen (secondary N) is 1. The van der Waals surface area contributed by atoms with Crippen LogP contribution in [0.5, 0.6) is 23.0 Å². The number of ether oxygens (including phenoxy) is 4. The highest BCUT2D eigenvalue weighted by Gasteiger charge is 2.14. The summed E-state index contributed by atoms with van der Waals surface area (Å²) in [6.07, 6.45) is 14.5. The van der Waals surface area contributed by atoms with Gasteiger partial charge in [0.15, 0.2) is 33.3 Å². The molecular weight excluding hydrogens is 753 g/mol. The molecule has 6 aromatic heterocycles. The van der Waals surface area contributed by atoms with Gasteiger partial charge in [0, 0.05) is 82.2 Å². The third-order valence-electron chi connectivity index (χ3n) is 7.89. The van der Waals surface area contributed by atoms with Crippen LogP contribution in [-0.2, 0) is 0 Å². The van der Waals surface area contributed by atoms with E-state index in [9.17, 15) is 0 Å². The normalized spacial score (nSPS) is 10.6. The molecule has 0 aliphatic carbocycles. The van der Waals surface area contributed by atoms with E-state index >= 15 is 0 Å². The van der Waals surface area contributed by atoms with Crippen LogP contribution in [0.15, 0.2) is 138 Å². The topological polar surface area (TPSA) is 126 Å². The van der Waals surface area contributed by atoms with Crippen molar-refractivity contribution in [3.8, 4) is 45.5 Å². The molecular formula is C40H38N8O4S3. The van der Waals surface area contributed by atoms with Crippen molar-refractivity contribution >= 4 is 47.0 Å². The summed E-state index contributed by atoms with van der Waals surface area (Å²) in [6, 6.07) is 23.1. The van der Waals surface area contributed by atoms with E-state index in [-0.39, 0.29) is 0 Å². The van der Waals surface area contributed by atoms with Gasteiger partial charge in [-0.1, -0.05) is 42.7 Å². The Morgan fingerprint density at radius 1 is 0.618 bits per heavy atom. The number of hydrogen-bond donors (Lipinski definition) is 1. The molecule has 15 heteroatoms. The molecule has 0 atom stereocenters. The van der Waals surface area contributed by atoms with Gasteiger partial charge in [-0.3, -0.25) is 13.8 Å². The maximum absolute atomic E-state index is 5.41. The van der Waals surface area contributed by atoms with Crippen LogP contribution in [0.2, 0.25) is 0 Å². The minimum absolute atomic E-state index is 0.665. The first-order valence-corrected chi connectivity index (χ1v) is 19.1. The SMILES string of the molecule is CCSc1nc(-c2ccc(OC)c(OC)c2)cc2nccn12.COc1ccc(-c2cc3nccn3c(Sc3ccncc3)n2)cc1OC.S=c1cc[nH]cc1. The van der Waals surface area contributed by atoms with Gasteiger partial charge in [0.25, 0.3) is 0 Å². The smallest absolute Gasteiger partial charge is 0.179 e. The van der Waals surface area contributed by atoms with Crippen LogP contribution in [0.1, 0.15) is 6.92 Å². The zero-order chi connectivity index (χ0) is 38.6. The van der Waals surface area contributed by atoms with E-state index < -0.39 is 0 Å². The first kappa shape index (κ1) is 38.8. The predicted octanol–water partition coefficient (Wildman–Crippen LogP) is 9.23. The number of thioether (sulfide) groups is 1. The standard InChI is InChI=1S/C19H16N4O2S.C16H17N3O2S.C5H5NS/c1-24-16-4-3-13(11-17(16)25-2)15-12-18-21-9-10-23(18)19(22-15)26-14-5-7-20-8-6-14;1-4-22-16-18-12(10-15-17-7-8-19(15)16)11-5-6-13(20-2)14(9-11)21-3;7-5-1-3-6-4-2-5/h3-12H,1-2H3;5-10H,4H2,1-3H3;1-4H,(H,6,7). The Kier molecular flexibility index (Phi) is 13.4. The van der Waals surface area contributed by atoms with Crippen molar-refractivity contribution in [2.75, 3.05) is 34.2 Å². The van der Waals surface area contributed by atoms with E-state index in [0.717, 1.165) is 59.3 Å². The fourth-order valence-corrected chi connectivity index (χ4v) is 6.98. The number of rotatable bonds is 10. The van der Waals surface area contributed by atoms with Crippen LogP contribution < -0.4 is 18.9 Å². The molecule has 0 saturated carbocycles. The highest BCUT2D eigenvalue weighted by Crippen LogP contribution is 2.35. The lowest BCUT2D eigenvalue weighted by Crippen LogP contribution is -1.97. The Bertz CT molecular complexity index is 2530. The van der Waals surface area contributed by atoms with Crippen molar-refractivity contribution in [2.45, 2.75) is 22.1 Å². The van der Waals surface area contributed by atoms with Crippen molar-refractivity contribution in [1.29, 1.82) is 0 Å². The van der Waals surface area contributed by atoms with E-state index in [0.29, 0.717) is 23.0 Å². The Morgan fingerprint density at radius 2 is 1.13 bits per heavy atom. The van der Waals surface area contributed by atoms with E-state index in [1.807, 2.05) is 106 Å². The summed E-state index contributed by atoms with van der Waals surface area (Å²) in [5, 5.41) is 1.76. The molecule has 2 aromatic carbocycles. The molecule has 0 aliphatic heterocycles. The maximum atomic E-state index is 5.41. The maximum Gasteiger partial charge on any atom is 0.179 e. The number of benzene rings is 2. The summed E-state index contributed by atoms with van der Waals surface area (Å²) < 4.78 is 26.2. The molecule has 280 valence electrons. The molecule has 12 nitrogen and oxygen atoms in total. The second-order valence-electron chi connectivity index (χ2n) is 11.3. The van der Waals surface area contributed by atoms with E-state index in [4.69, 9.17) is 41.1 Å². The van der Waals surface area contributed by atoms with Gasteiger partial charge in [0.05, 0.1) is 39.8 Å². The number of aromatic nitrogens is 8. The molecule has 1 N–H and O–H groups in total. The predicted molar refractivity (Wildman–Crippen MR) is 219 cm³/mol. The van der Waals surface area contributed by atoms with Crippen molar-refractivity contribution in [3.05, 3.63) is 127 Å². The Balaban J connectivity index is 0.000000161. The number of fused-ring (bicyclic) bond motifs is 2. The van der Waals surface area contributed by atoms with Gasteiger partial charge in [-0.25, -0.2) is 19.9 Å². The van der Waals surface area contributed by atoms with Crippen LogP contribution in [0.4, 0.5) is 0 Å². The molecule has 0 spiro atoms. The number of methoxy groups -OCH3 is 4. The molecule has 0 amide bonds. The molecule has 0 saturated heterocycles. The third-order valence-corrected chi connectivity index (χ3v) is 9.98. The second kappa shape index (κ2) is 18.9. The summed E-state index contributed by atoms with van der Waals surface area (Å²) in [6.45, 7) is 2.11. The Hall–Kier alpha value is -5.90. The molecule has 0 unspecified atom stereocenters. The summed E-state index contributed by atoms with van der Waals surface area (Å²) in [5.74, 6) is 3.70. The largest absolute Gasteiger partial charge is 0.493 e. The minimum Gasteiger partial charge on any atom is -0.493 e. The molecule has 0 fully saturated rings. The van der Waals surface area contributed by atoms with Crippen molar-refractivity contribution < 1.29 is 18.9 Å². The monoisotopic (exact) mass is 790 g/mol. The lowest BCUT2D eigenvalue weighted by Gasteiger charge is -2.11. The van der Waals surface area contributed by atoms with Crippen LogP contribution >= 0.6 is 35.7 Å². The first-order chi connectivity index (χ1) is 26.9. The lowest BCUT2D eigenvalue weighted by atomic mass is 10.1. The number of nitrogens with zero attached hydrogens (tertiary/aromatic N) is 7. The lowest BCUT2D eigenvalue weighted by molar-refractivity contribution is 0.355. The second-order valence-corrected chi connectivity index (χ2v) is 14.0. The average Bonchev–Trinajstić information content (AvgIpc) is 3.92. The molecule has 0 radical (unpaired) electrons. The minimum atomic E-state index is 0.665. The van der Waals surface area contributed by atoms with Crippen LogP contribution in [0, 0.1) is 4.51 Å². The van der Waals surface area contributed by atoms with Crippen LogP contribution in [-0.4, -0.2) is 72.9 Å². The molecule has 0 bridgehead atoms. The van der Waals surface area contributed by atoms with Gasteiger partial charge in [0.2, 0.25) is 0 Å². The average molecular weight is 791 g/mol. The summed E-state index contributed by atoms with van der Waals surface area (Å²) in [4.78, 5) is 26.4. The highest BCUT2D eigenvalue weighted by molar-refractivity contribution is 7.99. The fraction of sp³-hybridized carbons (Fsp3) is 0.150. The van der Waals surface area contributed by atoms with Crippen molar-refractivity contribution in [3.63, 3.8) is 0 Å². The molecule has 8 aromatic rings. The Morgan fingerprint density at radius 3 is 1.60 bits per heavy atom. The van der Waals surface area contributed by atoms with E-state index in [1.165, 1.54) is 0 Å². The fourth-order valence-electron chi connectivity index (χ4n) is 5.26. The molecule has 55 heavy (non-hydrogen) atoms. The molecule has 8 rings (SSSR count). The zero-order valence-corrected chi connectivity index (χ0v) is 33.2. The number of imidazole rings is 2. The highest BCUT2D eigenvalue weighted by atomic mass is 32.2. The molecule has 0 aliphatic rings. The summed E-state index contributed by atoms with van der Waals surface area (Å²) in [7, 11) is 6.50. The number of H-pyrrole nitrogens is 1. The van der Waals surface area contributed by atoms with Crippen LogP contribution in [0.25, 0.3) is 33.8 Å². The Labute approximate surface area is 332 Å². The van der Waals surface area contributed by atoms with Gasteiger partial charge in [-0.15, -0.1) is 0 Å².